The van der Waals surface area contributed by atoms with Gasteiger partial charge in [0.1, 0.15) is 0 Å². The summed E-state index contributed by atoms with van der Waals surface area (Å²) in [6.45, 7) is 2.15. The molecule has 3 N–H and O–H groups in total. The number of allylic oxidation sites excluding steroid dienone is 2. The van der Waals surface area contributed by atoms with Crippen LogP contribution in [0.4, 0.5) is 0 Å². The Kier molecular flexibility index (Phi) is 6.39. The van der Waals surface area contributed by atoms with E-state index in [0.717, 1.165) is 24.8 Å². The maximum atomic E-state index is 9.56. The molecule has 4 heteroatoms. The van der Waals surface area contributed by atoms with Crippen molar-refractivity contribution in [1.29, 1.82) is 0 Å². The van der Waals surface area contributed by atoms with E-state index in [4.69, 9.17) is 4.42 Å². The highest BCUT2D eigenvalue weighted by molar-refractivity contribution is 5.47. The highest BCUT2D eigenvalue weighted by Gasteiger charge is 2.17. The molecule has 126 valence electrons. The predicted octanol–water partition coefficient (Wildman–Crippen LogP) is 4.28. The number of benzene rings is 1. The zero-order chi connectivity index (χ0) is 17.4. The van der Waals surface area contributed by atoms with Crippen molar-refractivity contribution >= 4 is 0 Å². The zero-order valence-electron chi connectivity index (χ0n) is 13.7. The van der Waals surface area contributed by atoms with Crippen molar-refractivity contribution < 1.29 is 19.7 Å². The molecule has 1 aromatic heterocycles. The number of unbranched alkanes of at least 4 members (excludes halogenated alkanes) is 1. The summed E-state index contributed by atoms with van der Waals surface area (Å²) in [5.74, 6) is 4.60. The quantitative estimate of drug-likeness (QED) is 0.547. The number of hydrogen-bond acceptors (Lipinski definition) is 4. The van der Waals surface area contributed by atoms with Crippen molar-refractivity contribution in [2.24, 2.45) is 0 Å². The molecule has 0 radical (unpaired) electrons. The van der Waals surface area contributed by atoms with Crippen LogP contribution in [0, 0.1) is 11.8 Å². The first kappa shape index (κ1) is 17.6. The smallest absolute Gasteiger partial charge is 0.330 e. The Hall–Kier alpha value is -2.80. The van der Waals surface area contributed by atoms with Gasteiger partial charge in [-0.15, -0.1) is 0 Å². The van der Waals surface area contributed by atoms with Crippen molar-refractivity contribution in [1.82, 2.24) is 0 Å². The zero-order valence-corrected chi connectivity index (χ0v) is 13.7. The lowest BCUT2D eigenvalue weighted by atomic mass is 10.0. The summed E-state index contributed by atoms with van der Waals surface area (Å²) in [6.07, 6.45) is 8.18. The summed E-state index contributed by atoms with van der Waals surface area (Å²) in [7, 11) is 0. The molecule has 0 fully saturated rings. The second-order valence-corrected chi connectivity index (χ2v) is 5.45. The third-order valence-electron chi connectivity index (χ3n) is 3.59. The van der Waals surface area contributed by atoms with E-state index in [1.165, 1.54) is 5.56 Å². The fraction of sp³-hybridized carbons (Fsp3) is 0.300. The molecule has 4 nitrogen and oxygen atoms in total. The first-order chi connectivity index (χ1) is 11.6. The van der Waals surface area contributed by atoms with E-state index >= 15 is 0 Å². The molecule has 0 bridgehead atoms. The minimum Gasteiger partial charge on any atom is -0.502 e. The average molecular weight is 326 g/mol. The van der Waals surface area contributed by atoms with E-state index in [1.54, 1.807) is 0 Å². The Balaban J connectivity index is 1.99. The van der Waals surface area contributed by atoms with Gasteiger partial charge in [0.05, 0.1) is 0 Å². The van der Waals surface area contributed by atoms with E-state index in [1.807, 2.05) is 18.2 Å². The Morgan fingerprint density at radius 1 is 1.08 bits per heavy atom. The molecular formula is C20H22O4. The van der Waals surface area contributed by atoms with Crippen LogP contribution in [-0.2, 0) is 12.8 Å². The van der Waals surface area contributed by atoms with Crippen molar-refractivity contribution in [3.05, 3.63) is 53.3 Å². The Labute approximate surface area is 142 Å². The number of aromatic hydroxyl groups is 3. The van der Waals surface area contributed by atoms with E-state index in [9.17, 15) is 15.3 Å². The third-order valence-corrected chi connectivity index (χ3v) is 3.59. The molecule has 2 rings (SSSR count). The minimum atomic E-state index is -0.667. The second kappa shape index (κ2) is 8.73. The van der Waals surface area contributed by atoms with E-state index in [-0.39, 0.29) is 5.76 Å². The molecule has 0 amide bonds. The summed E-state index contributed by atoms with van der Waals surface area (Å²) in [4.78, 5) is 0. The highest BCUT2D eigenvalue weighted by Crippen LogP contribution is 2.40. The molecule has 1 aromatic carbocycles. The van der Waals surface area contributed by atoms with Crippen LogP contribution in [0.15, 0.2) is 40.8 Å². The minimum absolute atomic E-state index is 0.134. The van der Waals surface area contributed by atoms with Crippen molar-refractivity contribution in [2.45, 2.75) is 39.0 Å². The molecule has 0 atom stereocenters. The predicted molar refractivity (Wildman–Crippen MR) is 93.1 cm³/mol. The number of aryl methyl sites for hydroxylation is 1. The lowest BCUT2D eigenvalue weighted by Gasteiger charge is -2.00. The van der Waals surface area contributed by atoms with Crippen molar-refractivity contribution in [3.8, 4) is 29.3 Å². The molecule has 1 heterocycles. The fourth-order valence-electron chi connectivity index (χ4n) is 2.26. The molecule has 0 unspecified atom stereocenters. The van der Waals surface area contributed by atoms with Gasteiger partial charge in [0.2, 0.25) is 11.5 Å². The van der Waals surface area contributed by atoms with Crippen LogP contribution in [0.25, 0.3) is 0 Å². The van der Waals surface area contributed by atoms with Crippen LogP contribution in [0.1, 0.15) is 43.1 Å². The molecule has 0 saturated carbocycles. The van der Waals surface area contributed by atoms with Gasteiger partial charge in [-0.25, -0.2) is 0 Å². The standard InChI is InChI=1S/C20H22O4/c1-2-3-4-5-10-15-11-6-7-12-16(15)13-8-9-14-17-18(21)19(22)20(23)24-17/h4-7,11-12,21-23H,2-3,9-10,14H2,1H3/b5-4-. The van der Waals surface area contributed by atoms with Crippen LogP contribution < -0.4 is 0 Å². The highest BCUT2D eigenvalue weighted by atomic mass is 16.5. The van der Waals surface area contributed by atoms with Crippen molar-refractivity contribution in [3.63, 3.8) is 0 Å². The van der Waals surface area contributed by atoms with Gasteiger partial charge in [-0.2, -0.15) is 0 Å². The number of furan rings is 1. The molecule has 0 saturated heterocycles. The fourth-order valence-corrected chi connectivity index (χ4v) is 2.26. The largest absolute Gasteiger partial charge is 0.502 e. The number of rotatable bonds is 6. The van der Waals surface area contributed by atoms with Gasteiger partial charge in [-0.1, -0.05) is 55.5 Å². The monoisotopic (exact) mass is 326 g/mol. The van der Waals surface area contributed by atoms with Gasteiger partial charge in [0.25, 0.3) is 0 Å². The van der Waals surface area contributed by atoms with Crippen molar-refractivity contribution in [2.75, 3.05) is 0 Å². The van der Waals surface area contributed by atoms with Gasteiger partial charge < -0.3 is 19.7 Å². The molecule has 0 aliphatic heterocycles. The average Bonchev–Trinajstić information content (AvgIpc) is 2.83. The Morgan fingerprint density at radius 2 is 1.88 bits per heavy atom. The Morgan fingerprint density at radius 3 is 2.58 bits per heavy atom. The van der Waals surface area contributed by atoms with Crippen LogP contribution in [0.3, 0.4) is 0 Å². The van der Waals surface area contributed by atoms with Crippen LogP contribution in [0.2, 0.25) is 0 Å². The molecule has 0 aliphatic rings. The van der Waals surface area contributed by atoms with E-state index < -0.39 is 17.4 Å². The summed E-state index contributed by atoms with van der Waals surface area (Å²) in [5.41, 5.74) is 2.15. The van der Waals surface area contributed by atoms with Gasteiger partial charge in [0, 0.05) is 18.4 Å². The lowest BCUT2D eigenvalue weighted by molar-refractivity contribution is 0.297. The summed E-state index contributed by atoms with van der Waals surface area (Å²) in [5, 5.41) is 28.0. The van der Waals surface area contributed by atoms with Gasteiger partial charge >= 0.3 is 5.95 Å². The first-order valence-corrected chi connectivity index (χ1v) is 8.07. The van der Waals surface area contributed by atoms with E-state index in [0.29, 0.717) is 12.8 Å². The van der Waals surface area contributed by atoms with Gasteiger partial charge in [-0.3, -0.25) is 0 Å². The maximum absolute atomic E-state index is 9.56. The summed E-state index contributed by atoms with van der Waals surface area (Å²) < 4.78 is 4.88. The first-order valence-electron chi connectivity index (χ1n) is 8.07. The third kappa shape index (κ3) is 4.60. The molecule has 0 aliphatic carbocycles. The summed E-state index contributed by atoms with van der Waals surface area (Å²) >= 11 is 0. The topological polar surface area (TPSA) is 73.8 Å². The molecule has 2 aromatic rings. The van der Waals surface area contributed by atoms with E-state index in [2.05, 4.69) is 37.0 Å². The summed E-state index contributed by atoms with van der Waals surface area (Å²) in [6, 6.07) is 8.01. The van der Waals surface area contributed by atoms with Crippen LogP contribution in [-0.4, -0.2) is 15.3 Å². The van der Waals surface area contributed by atoms with Crippen LogP contribution in [0.5, 0.6) is 17.4 Å². The van der Waals surface area contributed by atoms with Crippen LogP contribution >= 0.6 is 0 Å². The molecule has 24 heavy (non-hydrogen) atoms. The number of hydrogen-bond donors (Lipinski definition) is 3. The normalized spacial score (nSPS) is 10.7. The second-order valence-electron chi connectivity index (χ2n) is 5.45. The van der Waals surface area contributed by atoms with Gasteiger partial charge in [-0.05, 0) is 24.5 Å². The molecule has 0 spiro atoms. The molecular weight excluding hydrogens is 304 g/mol. The van der Waals surface area contributed by atoms with Gasteiger partial charge in [0.15, 0.2) is 5.76 Å². The lowest BCUT2D eigenvalue weighted by Crippen LogP contribution is -1.87. The SMILES string of the molecule is CCC/C=C\Cc1ccccc1C#CCCc1oc(O)c(O)c1O. The maximum Gasteiger partial charge on any atom is 0.330 e. The Bertz CT molecular complexity index is 760.